The van der Waals surface area contributed by atoms with Crippen LogP contribution in [-0.4, -0.2) is 15.0 Å². The van der Waals surface area contributed by atoms with Gasteiger partial charge in [-0.25, -0.2) is 9.97 Å². The van der Waals surface area contributed by atoms with E-state index in [-0.39, 0.29) is 0 Å². The van der Waals surface area contributed by atoms with Gasteiger partial charge in [0.15, 0.2) is 0 Å². The van der Waals surface area contributed by atoms with Crippen molar-refractivity contribution in [1.82, 2.24) is 15.0 Å². The highest BCUT2D eigenvalue weighted by molar-refractivity contribution is 5.91. The highest BCUT2D eigenvalue weighted by atomic mass is 14.7. The van der Waals surface area contributed by atoms with Crippen molar-refractivity contribution in [3.05, 3.63) is 128 Å². The Bertz CT molecular complexity index is 1890. The standard InChI is InChI=1S/C33H21N3/c1-2-5-25-18-26(10-7-22(25)4-1)27-11-8-23-13-15-30(35-32(23)19-27)28-12-9-24-14-16-31(36-33(24)20-28)29-6-3-17-34-21-29/h1-21H. The summed E-state index contributed by atoms with van der Waals surface area (Å²) in [6.45, 7) is 0. The zero-order valence-electron chi connectivity index (χ0n) is 19.5. The van der Waals surface area contributed by atoms with Crippen molar-refractivity contribution >= 4 is 32.6 Å². The van der Waals surface area contributed by atoms with Crippen LogP contribution in [0.2, 0.25) is 0 Å². The van der Waals surface area contributed by atoms with E-state index in [1.165, 1.54) is 21.9 Å². The van der Waals surface area contributed by atoms with E-state index in [4.69, 9.17) is 9.97 Å². The zero-order chi connectivity index (χ0) is 23.9. The Balaban J connectivity index is 1.30. The van der Waals surface area contributed by atoms with Crippen molar-refractivity contribution < 1.29 is 0 Å². The van der Waals surface area contributed by atoms with Gasteiger partial charge in [0.05, 0.1) is 22.4 Å². The second kappa shape index (κ2) is 8.40. The number of hydrogen-bond donors (Lipinski definition) is 0. The molecule has 0 aliphatic carbocycles. The first-order valence-corrected chi connectivity index (χ1v) is 12.0. The van der Waals surface area contributed by atoms with E-state index < -0.39 is 0 Å². The molecule has 7 rings (SSSR count). The van der Waals surface area contributed by atoms with E-state index in [0.717, 1.165) is 44.3 Å². The Kier molecular flexibility index (Phi) is 4.78. The molecule has 0 unspecified atom stereocenters. The minimum absolute atomic E-state index is 0.916. The maximum absolute atomic E-state index is 5.04. The lowest BCUT2D eigenvalue weighted by Crippen LogP contribution is -1.89. The molecule has 0 radical (unpaired) electrons. The molecule has 0 bridgehead atoms. The number of benzene rings is 4. The summed E-state index contributed by atoms with van der Waals surface area (Å²) < 4.78 is 0. The molecular weight excluding hydrogens is 438 g/mol. The van der Waals surface area contributed by atoms with Gasteiger partial charge in [0.2, 0.25) is 0 Å². The number of pyridine rings is 3. The molecule has 0 saturated carbocycles. The fourth-order valence-electron chi connectivity index (χ4n) is 4.78. The Morgan fingerprint density at radius 2 is 0.972 bits per heavy atom. The number of aromatic nitrogens is 3. The van der Waals surface area contributed by atoms with Crippen LogP contribution in [0, 0.1) is 0 Å². The van der Waals surface area contributed by atoms with Gasteiger partial charge in [-0.3, -0.25) is 4.98 Å². The summed E-state index contributed by atoms with van der Waals surface area (Å²) in [5.41, 5.74) is 8.20. The first-order valence-electron chi connectivity index (χ1n) is 12.0. The molecule has 0 spiro atoms. The van der Waals surface area contributed by atoms with Crippen molar-refractivity contribution in [2.45, 2.75) is 0 Å². The van der Waals surface area contributed by atoms with Gasteiger partial charge in [-0.1, -0.05) is 72.8 Å². The fraction of sp³-hybridized carbons (Fsp3) is 0. The normalized spacial score (nSPS) is 11.3. The van der Waals surface area contributed by atoms with Gasteiger partial charge in [0.25, 0.3) is 0 Å². The number of rotatable bonds is 3. The first-order chi connectivity index (χ1) is 17.8. The van der Waals surface area contributed by atoms with Crippen LogP contribution in [0.1, 0.15) is 0 Å². The molecule has 0 saturated heterocycles. The molecule has 0 N–H and O–H groups in total. The van der Waals surface area contributed by atoms with Gasteiger partial charge < -0.3 is 0 Å². The van der Waals surface area contributed by atoms with Crippen LogP contribution in [0.3, 0.4) is 0 Å². The summed E-state index contributed by atoms with van der Waals surface area (Å²) >= 11 is 0. The van der Waals surface area contributed by atoms with Gasteiger partial charge in [-0.05, 0) is 64.4 Å². The summed E-state index contributed by atoms with van der Waals surface area (Å²) in [6.07, 6.45) is 3.62. The number of nitrogens with zero attached hydrogens (tertiary/aromatic N) is 3. The van der Waals surface area contributed by atoms with E-state index in [0.29, 0.717) is 0 Å². The highest BCUT2D eigenvalue weighted by Gasteiger charge is 2.08. The fourth-order valence-corrected chi connectivity index (χ4v) is 4.78. The van der Waals surface area contributed by atoms with Gasteiger partial charge in [-0.15, -0.1) is 0 Å². The lowest BCUT2D eigenvalue weighted by Gasteiger charge is -2.09. The van der Waals surface area contributed by atoms with Crippen LogP contribution >= 0.6 is 0 Å². The van der Waals surface area contributed by atoms with Gasteiger partial charge in [0.1, 0.15) is 0 Å². The first kappa shape index (κ1) is 20.5. The summed E-state index contributed by atoms with van der Waals surface area (Å²) in [5, 5.41) is 4.72. The molecule has 7 aromatic rings. The quantitative estimate of drug-likeness (QED) is 0.267. The maximum atomic E-state index is 5.04. The zero-order valence-corrected chi connectivity index (χ0v) is 19.5. The van der Waals surface area contributed by atoms with Crippen LogP contribution in [0.15, 0.2) is 128 Å². The molecule has 3 heteroatoms. The highest BCUT2D eigenvalue weighted by Crippen LogP contribution is 2.30. The molecule has 0 atom stereocenters. The lowest BCUT2D eigenvalue weighted by atomic mass is 9.99. The van der Waals surface area contributed by atoms with Crippen LogP contribution in [-0.2, 0) is 0 Å². The largest absolute Gasteiger partial charge is 0.264 e. The molecule has 4 aromatic carbocycles. The Morgan fingerprint density at radius 1 is 0.389 bits per heavy atom. The van der Waals surface area contributed by atoms with Crippen LogP contribution < -0.4 is 0 Å². The molecular formula is C33H21N3. The molecule has 36 heavy (non-hydrogen) atoms. The average Bonchev–Trinajstić information content (AvgIpc) is 2.96. The average molecular weight is 460 g/mol. The van der Waals surface area contributed by atoms with Crippen LogP contribution in [0.5, 0.6) is 0 Å². The van der Waals surface area contributed by atoms with Crippen LogP contribution in [0.25, 0.3) is 66.2 Å². The number of fused-ring (bicyclic) bond motifs is 3. The number of hydrogen-bond acceptors (Lipinski definition) is 3. The van der Waals surface area contributed by atoms with Crippen molar-refractivity contribution in [2.75, 3.05) is 0 Å². The van der Waals surface area contributed by atoms with E-state index >= 15 is 0 Å². The summed E-state index contributed by atoms with van der Waals surface area (Å²) in [6, 6.07) is 40.3. The molecule has 0 amide bonds. The molecule has 168 valence electrons. The second-order valence-corrected chi connectivity index (χ2v) is 9.01. The molecule has 0 aliphatic rings. The molecule has 3 nitrogen and oxygen atoms in total. The molecule has 0 aliphatic heterocycles. The molecule has 0 fully saturated rings. The molecule has 3 aromatic heterocycles. The minimum Gasteiger partial charge on any atom is -0.264 e. The van der Waals surface area contributed by atoms with Crippen molar-refractivity contribution in [3.63, 3.8) is 0 Å². The predicted molar refractivity (Wildman–Crippen MR) is 149 cm³/mol. The third-order valence-corrected chi connectivity index (χ3v) is 6.72. The maximum Gasteiger partial charge on any atom is 0.0725 e. The van der Waals surface area contributed by atoms with E-state index in [1.54, 1.807) is 6.20 Å². The van der Waals surface area contributed by atoms with Crippen LogP contribution in [0.4, 0.5) is 0 Å². The third-order valence-electron chi connectivity index (χ3n) is 6.72. The monoisotopic (exact) mass is 459 g/mol. The lowest BCUT2D eigenvalue weighted by molar-refractivity contribution is 1.30. The SMILES string of the molecule is c1cncc(-c2ccc3ccc(-c4ccc5ccc(-c6ccc7ccccc7c6)cc5n4)cc3n2)c1. The Labute approximate surface area is 208 Å². The molecule has 3 heterocycles. The van der Waals surface area contributed by atoms with Crippen molar-refractivity contribution in [3.8, 4) is 33.6 Å². The summed E-state index contributed by atoms with van der Waals surface area (Å²) in [7, 11) is 0. The van der Waals surface area contributed by atoms with Gasteiger partial charge >= 0.3 is 0 Å². The van der Waals surface area contributed by atoms with Gasteiger partial charge in [0, 0.05) is 34.3 Å². The van der Waals surface area contributed by atoms with E-state index in [2.05, 4.69) is 102 Å². The van der Waals surface area contributed by atoms with E-state index in [1.807, 2.05) is 24.4 Å². The van der Waals surface area contributed by atoms with E-state index in [9.17, 15) is 0 Å². The smallest absolute Gasteiger partial charge is 0.0725 e. The summed E-state index contributed by atoms with van der Waals surface area (Å²) in [5.74, 6) is 0. The van der Waals surface area contributed by atoms with Crippen molar-refractivity contribution in [1.29, 1.82) is 0 Å². The third kappa shape index (κ3) is 3.68. The van der Waals surface area contributed by atoms with Gasteiger partial charge in [-0.2, -0.15) is 0 Å². The second-order valence-electron chi connectivity index (χ2n) is 9.01. The predicted octanol–water partition coefficient (Wildman–Crippen LogP) is 8.33. The summed E-state index contributed by atoms with van der Waals surface area (Å²) in [4.78, 5) is 14.2. The van der Waals surface area contributed by atoms with Crippen molar-refractivity contribution in [2.24, 2.45) is 0 Å². The topological polar surface area (TPSA) is 38.7 Å². The Morgan fingerprint density at radius 3 is 1.69 bits per heavy atom. The minimum atomic E-state index is 0.916. The Hall–Kier alpha value is -4.89.